The molecule has 1 aliphatic carbocycles. The van der Waals surface area contributed by atoms with Gasteiger partial charge < -0.3 is 10.6 Å². The highest BCUT2D eigenvalue weighted by Crippen LogP contribution is 2.55. The molecule has 2 fully saturated rings. The molecule has 1 spiro atoms. The summed E-state index contributed by atoms with van der Waals surface area (Å²) < 4.78 is 0. The fourth-order valence-corrected chi connectivity index (χ4v) is 1.85. The zero-order valence-corrected chi connectivity index (χ0v) is 6.81. The summed E-state index contributed by atoms with van der Waals surface area (Å²) in [5.74, 6) is 0.581. The third-order valence-electron chi connectivity index (χ3n) is 2.81. The Hall–Kier alpha value is -0.570. The second-order valence-corrected chi connectivity index (χ2v) is 3.62. The van der Waals surface area contributed by atoms with Crippen LogP contribution in [0.2, 0.25) is 0 Å². The van der Waals surface area contributed by atoms with E-state index in [2.05, 4.69) is 10.6 Å². The van der Waals surface area contributed by atoms with E-state index in [9.17, 15) is 4.79 Å². The number of hydrogen-bond acceptors (Lipinski definition) is 2. The van der Waals surface area contributed by atoms with Gasteiger partial charge in [0.05, 0.1) is 0 Å². The number of nitrogens with one attached hydrogen (secondary N) is 2. The zero-order chi connectivity index (χ0) is 7.90. The van der Waals surface area contributed by atoms with Gasteiger partial charge in [0, 0.05) is 31.0 Å². The van der Waals surface area contributed by atoms with Crippen LogP contribution in [0.1, 0.15) is 13.3 Å². The molecule has 0 aromatic carbocycles. The number of carbonyl (C=O) groups excluding carboxylic acids is 1. The van der Waals surface area contributed by atoms with E-state index in [1.165, 1.54) is 0 Å². The third kappa shape index (κ3) is 0.948. The maximum Gasteiger partial charge on any atom is 0.223 e. The van der Waals surface area contributed by atoms with E-state index in [-0.39, 0.29) is 5.91 Å². The predicted octanol–water partition coefficient (Wildman–Crippen LogP) is -0.268. The topological polar surface area (TPSA) is 41.1 Å². The average Bonchev–Trinajstić information content (AvgIpc) is 2.60. The van der Waals surface area contributed by atoms with E-state index in [0.717, 1.165) is 26.1 Å². The van der Waals surface area contributed by atoms with Crippen molar-refractivity contribution in [2.24, 2.45) is 11.3 Å². The minimum absolute atomic E-state index is 0.258. The van der Waals surface area contributed by atoms with Crippen LogP contribution in [0.5, 0.6) is 0 Å². The highest BCUT2D eigenvalue weighted by Gasteiger charge is 2.61. The van der Waals surface area contributed by atoms with Crippen molar-refractivity contribution < 1.29 is 4.79 Å². The molecule has 1 unspecified atom stereocenters. The van der Waals surface area contributed by atoms with Crippen LogP contribution in [0.3, 0.4) is 0 Å². The van der Waals surface area contributed by atoms with E-state index in [4.69, 9.17) is 0 Å². The van der Waals surface area contributed by atoms with E-state index in [1.54, 1.807) is 0 Å². The molecule has 11 heavy (non-hydrogen) atoms. The molecule has 3 heteroatoms. The van der Waals surface area contributed by atoms with Gasteiger partial charge in [-0.3, -0.25) is 4.79 Å². The fraction of sp³-hybridized carbons (Fsp3) is 0.875. The number of rotatable bonds is 2. The van der Waals surface area contributed by atoms with Crippen molar-refractivity contribution >= 4 is 5.91 Å². The second kappa shape index (κ2) is 2.21. The molecule has 1 atom stereocenters. The molecule has 0 bridgehead atoms. The summed E-state index contributed by atoms with van der Waals surface area (Å²) in [6, 6.07) is 0. The number of carbonyl (C=O) groups is 1. The first-order valence-electron chi connectivity index (χ1n) is 4.27. The summed E-state index contributed by atoms with van der Waals surface area (Å²) >= 11 is 0. The van der Waals surface area contributed by atoms with Gasteiger partial charge in [-0.25, -0.2) is 0 Å². The van der Waals surface area contributed by atoms with Crippen molar-refractivity contribution in [1.29, 1.82) is 0 Å². The lowest BCUT2D eigenvalue weighted by Crippen LogP contribution is -2.47. The van der Waals surface area contributed by atoms with Crippen molar-refractivity contribution in [3.8, 4) is 0 Å². The van der Waals surface area contributed by atoms with E-state index >= 15 is 0 Å². The van der Waals surface area contributed by atoms with Crippen LogP contribution in [0.25, 0.3) is 0 Å². The highest BCUT2D eigenvalue weighted by atomic mass is 16.2. The van der Waals surface area contributed by atoms with Crippen LogP contribution in [0, 0.1) is 11.3 Å². The van der Waals surface area contributed by atoms with Gasteiger partial charge in [0.15, 0.2) is 0 Å². The summed E-state index contributed by atoms with van der Waals surface area (Å²) in [6.45, 7) is 4.83. The lowest BCUT2D eigenvalue weighted by molar-refractivity contribution is -0.123. The molecule has 2 N–H and O–H groups in total. The van der Waals surface area contributed by atoms with Crippen LogP contribution < -0.4 is 10.6 Å². The molecule has 1 saturated heterocycles. The standard InChI is InChI=1S/C8H14N2O/c1-2-10-7(11)6-3-8(6)4-9-5-8/h6,9H,2-5H2,1H3,(H,10,11). The first kappa shape index (κ1) is 7.10. The Morgan fingerprint density at radius 1 is 1.73 bits per heavy atom. The van der Waals surface area contributed by atoms with Gasteiger partial charge >= 0.3 is 0 Å². The van der Waals surface area contributed by atoms with Gasteiger partial charge in [0.25, 0.3) is 0 Å². The predicted molar refractivity (Wildman–Crippen MR) is 42.1 cm³/mol. The molecule has 1 heterocycles. The number of amides is 1. The maximum absolute atomic E-state index is 11.3. The average molecular weight is 154 g/mol. The normalized spacial score (nSPS) is 31.2. The zero-order valence-electron chi connectivity index (χ0n) is 6.81. The maximum atomic E-state index is 11.3. The Morgan fingerprint density at radius 2 is 2.45 bits per heavy atom. The summed E-state index contributed by atoms with van der Waals surface area (Å²) in [5, 5.41) is 6.08. The van der Waals surface area contributed by atoms with E-state index in [1.807, 2.05) is 6.92 Å². The van der Waals surface area contributed by atoms with Crippen LogP contribution in [-0.2, 0) is 4.79 Å². The molecule has 62 valence electrons. The Kier molecular flexibility index (Phi) is 1.42. The SMILES string of the molecule is CCNC(=O)C1CC12CNC2. The molecule has 2 rings (SSSR count). The van der Waals surface area contributed by atoms with Crippen LogP contribution in [0.15, 0.2) is 0 Å². The van der Waals surface area contributed by atoms with Gasteiger partial charge in [-0.05, 0) is 13.3 Å². The summed E-state index contributed by atoms with van der Waals surface area (Å²) in [6.07, 6.45) is 1.10. The molecular weight excluding hydrogens is 140 g/mol. The summed E-state index contributed by atoms with van der Waals surface area (Å²) in [5.41, 5.74) is 0.388. The van der Waals surface area contributed by atoms with Gasteiger partial charge in [0.1, 0.15) is 0 Å². The lowest BCUT2D eigenvalue weighted by atomic mass is 9.96. The molecule has 2 aliphatic rings. The van der Waals surface area contributed by atoms with Gasteiger partial charge in [-0.1, -0.05) is 0 Å². The molecule has 1 amide bonds. The highest BCUT2D eigenvalue weighted by molar-refractivity contribution is 5.82. The van der Waals surface area contributed by atoms with Crippen molar-refractivity contribution in [3.05, 3.63) is 0 Å². The van der Waals surface area contributed by atoms with Crippen molar-refractivity contribution in [2.75, 3.05) is 19.6 Å². The Labute approximate surface area is 66.5 Å². The smallest absolute Gasteiger partial charge is 0.223 e. The molecule has 3 nitrogen and oxygen atoms in total. The Bertz CT molecular complexity index is 187. The summed E-state index contributed by atoms with van der Waals surface area (Å²) in [7, 11) is 0. The van der Waals surface area contributed by atoms with Crippen molar-refractivity contribution in [1.82, 2.24) is 10.6 Å². The Morgan fingerprint density at radius 3 is 2.82 bits per heavy atom. The van der Waals surface area contributed by atoms with Gasteiger partial charge in [-0.2, -0.15) is 0 Å². The lowest BCUT2D eigenvalue weighted by Gasteiger charge is -2.28. The van der Waals surface area contributed by atoms with Crippen molar-refractivity contribution in [3.63, 3.8) is 0 Å². The Balaban J connectivity index is 1.85. The largest absolute Gasteiger partial charge is 0.356 e. The quantitative estimate of drug-likeness (QED) is 0.575. The molecule has 0 aromatic heterocycles. The van der Waals surface area contributed by atoms with Gasteiger partial charge in [-0.15, -0.1) is 0 Å². The molecule has 1 saturated carbocycles. The van der Waals surface area contributed by atoms with Crippen molar-refractivity contribution in [2.45, 2.75) is 13.3 Å². The molecule has 1 aliphatic heterocycles. The minimum Gasteiger partial charge on any atom is -0.356 e. The van der Waals surface area contributed by atoms with E-state index < -0.39 is 0 Å². The number of hydrogen-bond donors (Lipinski definition) is 2. The monoisotopic (exact) mass is 154 g/mol. The first-order valence-corrected chi connectivity index (χ1v) is 4.27. The second-order valence-electron chi connectivity index (χ2n) is 3.62. The minimum atomic E-state index is 0.258. The molecular formula is C8H14N2O. The molecule has 0 aromatic rings. The van der Waals surface area contributed by atoms with Crippen LogP contribution in [-0.4, -0.2) is 25.5 Å². The van der Waals surface area contributed by atoms with Crippen LogP contribution in [0.4, 0.5) is 0 Å². The first-order chi connectivity index (χ1) is 5.28. The summed E-state index contributed by atoms with van der Waals surface area (Å²) in [4.78, 5) is 11.3. The fourth-order valence-electron chi connectivity index (χ4n) is 1.85. The third-order valence-corrected chi connectivity index (χ3v) is 2.81. The van der Waals surface area contributed by atoms with Gasteiger partial charge in [0.2, 0.25) is 5.91 Å². The van der Waals surface area contributed by atoms with E-state index in [0.29, 0.717) is 11.3 Å². The molecule has 0 radical (unpaired) electrons. The van der Waals surface area contributed by atoms with Crippen LogP contribution >= 0.6 is 0 Å².